The Labute approximate surface area is 91.4 Å². The zero-order valence-electron chi connectivity index (χ0n) is 9.40. The minimum atomic E-state index is 0.195. The van der Waals surface area contributed by atoms with Crippen molar-refractivity contribution in [3.8, 4) is 0 Å². The molecule has 0 aliphatic heterocycles. The molecule has 15 heavy (non-hydrogen) atoms. The topological polar surface area (TPSA) is 30.5 Å². The summed E-state index contributed by atoms with van der Waals surface area (Å²) in [5.41, 5.74) is 1.12. The lowest BCUT2D eigenvalue weighted by molar-refractivity contribution is 0.0325. The highest BCUT2D eigenvalue weighted by Crippen LogP contribution is 2.05. The Hall–Kier alpha value is -1.06. The van der Waals surface area contributed by atoms with Crippen LogP contribution in [0.5, 0.6) is 0 Å². The van der Waals surface area contributed by atoms with E-state index in [0.29, 0.717) is 13.2 Å². The number of rotatable bonds is 7. The standard InChI is InChI=1S/C12H19NO2/c1-11(15-9-8-14-2)10-13-12-6-4-3-5-7-12/h3-7,11,13H,8-10H2,1-2H3. The molecule has 1 unspecified atom stereocenters. The largest absolute Gasteiger partial charge is 0.382 e. The molecule has 1 aromatic rings. The number of methoxy groups -OCH3 is 1. The van der Waals surface area contributed by atoms with E-state index in [4.69, 9.17) is 9.47 Å². The van der Waals surface area contributed by atoms with Crippen LogP contribution in [0.4, 0.5) is 5.69 Å². The van der Waals surface area contributed by atoms with Crippen molar-refractivity contribution in [2.24, 2.45) is 0 Å². The second-order valence-corrected chi connectivity index (χ2v) is 3.42. The van der Waals surface area contributed by atoms with Crippen LogP contribution in [0.2, 0.25) is 0 Å². The normalized spacial score (nSPS) is 12.4. The van der Waals surface area contributed by atoms with Gasteiger partial charge in [0.15, 0.2) is 0 Å². The summed E-state index contributed by atoms with van der Waals surface area (Å²) in [5, 5.41) is 3.31. The van der Waals surface area contributed by atoms with Gasteiger partial charge in [0.1, 0.15) is 0 Å². The van der Waals surface area contributed by atoms with Crippen LogP contribution in [-0.4, -0.2) is 33.0 Å². The molecule has 0 amide bonds. The van der Waals surface area contributed by atoms with Crippen molar-refractivity contribution in [3.05, 3.63) is 30.3 Å². The minimum absolute atomic E-state index is 0.195. The first-order chi connectivity index (χ1) is 7.33. The van der Waals surface area contributed by atoms with E-state index in [1.807, 2.05) is 37.3 Å². The molecule has 1 N–H and O–H groups in total. The lowest BCUT2D eigenvalue weighted by Crippen LogP contribution is -2.21. The minimum Gasteiger partial charge on any atom is -0.382 e. The molecule has 0 aliphatic rings. The molecule has 0 radical (unpaired) electrons. The van der Waals surface area contributed by atoms with E-state index in [0.717, 1.165) is 12.2 Å². The summed E-state index contributed by atoms with van der Waals surface area (Å²) in [4.78, 5) is 0. The van der Waals surface area contributed by atoms with E-state index >= 15 is 0 Å². The van der Waals surface area contributed by atoms with Crippen LogP contribution < -0.4 is 5.32 Å². The molecule has 0 spiro atoms. The third-order valence-corrected chi connectivity index (χ3v) is 2.06. The van der Waals surface area contributed by atoms with Gasteiger partial charge in [0.05, 0.1) is 19.3 Å². The van der Waals surface area contributed by atoms with Crippen molar-refractivity contribution < 1.29 is 9.47 Å². The molecule has 0 aliphatic carbocycles. The molecule has 3 nitrogen and oxygen atoms in total. The van der Waals surface area contributed by atoms with Gasteiger partial charge in [0, 0.05) is 19.3 Å². The first kappa shape index (κ1) is 12.0. The summed E-state index contributed by atoms with van der Waals surface area (Å²) in [6.07, 6.45) is 0.195. The molecule has 3 heteroatoms. The van der Waals surface area contributed by atoms with Crippen LogP contribution in [0.15, 0.2) is 30.3 Å². The Kier molecular flexibility index (Phi) is 5.81. The molecule has 1 aromatic carbocycles. The van der Waals surface area contributed by atoms with Gasteiger partial charge in [-0.05, 0) is 19.1 Å². The van der Waals surface area contributed by atoms with Crippen molar-refractivity contribution in [3.63, 3.8) is 0 Å². The first-order valence-electron chi connectivity index (χ1n) is 5.22. The van der Waals surface area contributed by atoms with Crippen LogP contribution in [-0.2, 0) is 9.47 Å². The highest BCUT2D eigenvalue weighted by molar-refractivity contribution is 5.42. The Balaban J connectivity index is 2.14. The van der Waals surface area contributed by atoms with Crippen molar-refractivity contribution in [2.45, 2.75) is 13.0 Å². The predicted molar refractivity (Wildman–Crippen MR) is 62.2 cm³/mol. The number of hydrogen-bond acceptors (Lipinski definition) is 3. The predicted octanol–water partition coefficient (Wildman–Crippen LogP) is 2.15. The van der Waals surface area contributed by atoms with Crippen LogP contribution >= 0.6 is 0 Å². The van der Waals surface area contributed by atoms with Crippen LogP contribution in [0.3, 0.4) is 0 Å². The molecule has 0 bridgehead atoms. The highest BCUT2D eigenvalue weighted by Gasteiger charge is 2.00. The van der Waals surface area contributed by atoms with Crippen LogP contribution in [0, 0.1) is 0 Å². The molecule has 0 aromatic heterocycles. The average Bonchev–Trinajstić information content (AvgIpc) is 2.28. The van der Waals surface area contributed by atoms with E-state index in [-0.39, 0.29) is 6.10 Å². The lowest BCUT2D eigenvalue weighted by Gasteiger charge is -2.14. The molecule has 1 atom stereocenters. The van der Waals surface area contributed by atoms with E-state index in [2.05, 4.69) is 5.32 Å². The monoisotopic (exact) mass is 209 g/mol. The maximum absolute atomic E-state index is 5.52. The molecule has 0 heterocycles. The second-order valence-electron chi connectivity index (χ2n) is 3.42. The molecular formula is C12H19NO2. The number of para-hydroxylation sites is 1. The Morgan fingerprint density at radius 3 is 2.60 bits per heavy atom. The van der Waals surface area contributed by atoms with Crippen molar-refractivity contribution >= 4 is 5.69 Å². The van der Waals surface area contributed by atoms with Gasteiger partial charge >= 0.3 is 0 Å². The highest BCUT2D eigenvalue weighted by atomic mass is 16.5. The summed E-state index contributed by atoms with van der Waals surface area (Å²) in [6, 6.07) is 10.1. The van der Waals surface area contributed by atoms with Gasteiger partial charge in [-0.3, -0.25) is 0 Å². The molecular weight excluding hydrogens is 190 g/mol. The van der Waals surface area contributed by atoms with Crippen molar-refractivity contribution in [2.75, 3.05) is 32.2 Å². The zero-order valence-corrected chi connectivity index (χ0v) is 9.40. The van der Waals surface area contributed by atoms with Crippen molar-refractivity contribution in [1.82, 2.24) is 0 Å². The third kappa shape index (κ3) is 5.40. The lowest BCUT2D eigenvalue weighted by atomic mass is 10.3. The molecule has 84 valence electrons. The molecule has 1 rings (SSSR count). The summed E-state index contributed by atoms with van der Waals surface area (Å²) < 4.78 is 10.4. The van der Waals surface area contributed by atoms with Crippen molar-refractivity contribution in [1.29, 1.82) is 0 Å². The molecule has 0 fully saturated rings. The number of ether oxygens (including phenoxy) is 2. The van der Waals surface area contributed by atoms with Gasteiger partial charge in [-0.25, -0.2) is 0 Å². The Bertz CT molecular complexity index is 251. The van der Waals surface area contributed by atoms with Crippen LogP contribution in [0.25, 0.3) is 0 Å². The van der Waals surface area contributed by atoms with Gasteiger partial charge in [-0.2, -0.15) is 0 Å². The Morgan fingerprint density at radius 1 is 1.20 bits per heavy atom. The fourth-order valence-corrected chi connectivity index (χ4v) is 1.21. The number of anilines is 1. The van der Waals surface area contributed by atoms with Crippen LogP contribution in [0.1, 0.15) is 6.92 Å². The summed E-state index contributed by atoms with van der Waals surface area (Å²) in [6.45, 7) is 4.16. The van der Waals surface area contributed by atoms with E-state index in [1.165, 1.54) is 0 Å². The van der Waals surface area contributed by atoms with Gasteiger partial charge in [0.25, 0.3) is 0 Å². The van der Waals surface area contributed by atoms with E-state index < -0.39 is 0 Å². The third-order valence-electron chi connectivity index (χ3n) is 2.06. The fraction of sp³-hybridized carbons (Fsp3) is 0.500. The number of benzene rings is 1. The maximum atomic E-state index is 5.52. The first-order valence-corrected chi connectivity index (χ1v) is 5.22. The molecule has 0 saturated heterocycles. The van der Waals surface area contributed by atoms with Gasteiger partial charge in [0.2, 0.25) is 0 Å². The summed E-state index contributed by atoms with van der Waals surface area (Å²) in [7, 11) is 1.68. The van der Waals surface area contributed by atoms with Gasteiger partial charge in [-0.1, -0.05) is 18.2 Å². The summed E-state index contributed by atoms with van der Waals surface area (Å²) in [5.74, 6) is 0. The smallest absolute Gasteiger partial charge is 0.0720 e. The Morgan fingerprint density at radius 2 is 1.93 bits per heavy atom. The van der Waals surface area contributed by atoms with E-state index in [9.17, 15) is 0 Å². The summed E-state index contributed by atoms with van der Waals surface area (Å²) >= 11 is 0. The number of nitrogens with one attached hydrogen (secondary N) is 1. The van der Waals surface area contributed by atoms with E-state index in [1.54, 1.807) is 7.11 Å². The van der Waals surface area contributed by atoms with Gasteiger partial charge < -0.3 is 14.8 Å². The number of hydrogen-bond donors (Lipinski definition) is 1. The van der Waals surface area contributed by atoms with Gasteiger partial charge in [-0.15, -0.1) is 0 Å². The zero-order chi connectivity index (χ0) is 10.9. The second kappa shape index (κ2) is 7.26. The fourth-order valence-electron chi connectivity index (χ4n) is 1.21. The quantitative estimate of drug-likeness (QED) is 0.698. The SMILES string of the molecule is COCCOC(C)CNc1ccccc1. The average molecular weight is 209 g/mol. The molecule has 0 saturated carbocycles. The maximum Gasteiger partial charge on any atom is 0.0720 e.